The highest BCUT2D eigenvalue weighted by atomic mass is 16.3. The fourth-order valence-corrected chi connectivity index (χ4v) is 2.79. The Morgan fingerprint density at radius 1 is 1.39 bits per heavy atom. The number of urea groups is 1. The predicted molar refractivity (Wildman–Crippen MR) is 89.0 cm³/mol. The monoisotopic (exact) mass is 314 g/mol. The van der Waals surface area contributed by atoms with Crippen molar-refractivity contribution in [1.29, 1.82) is 0 Å². The molecular weight excluding hydrogens is 292 g/mol. The highest BCUT2D eigenvalue weighted by Crippen LogP contribution is 2.39. The van der Waals surface area contributed by atoms with Crippen LogP contribution in [0.4, 0.5) is 10.5 Å². The lowest BCUT2D eigenvalue weighted by atomic mass is 9.97. The smallest absolute Gasteiger partial charge is 0.319 e. The van der Waals surface area contributed by atoms with Gasteiger partial charge in [0.2, 0.25) is 0 Å². The summed E-state index contributed by atoms with van der Waals surface area (Å²) in [6.07, 6.45) is 3.86. The molecule has 2 amide bonds. The number of aromatic nitrogens is 2. The number of benzene rings is 1. The largest absolute Gasteiger partial charge is 0.394 e. The second-order valence-electron chi connectivity index (χ2n) is 6.36. The number of rotatable bonds is 5. The van der Waals surface area contributed by atoms with Crippen molar-refractivity contribution in [1.82, 2.24) is 15.1 Å². The van der Waals surface area contributed by atoms with Gasteiger partial charge in [0.1, 0.15) is 5.69 Å². The van der Waals surface area contributed by atoms with E-state index in [-0.39, 0.29) is 12.6 Å². The summed E-state index contributed by atoms with van der Waals surface area (Å²) < 4.78 is 1.67. The van der Waals surface area contributed by atoms with E-state index in [2.05, 4.69) is 15.7 Å². The predicted octanol–water partition coefficient (Wildman–Crippen LogP) is 2.37. The Labute approximate surface area is 135 Å². The molecule has 0 radical (unpaired) electrons. The first-order valence-corrected chi connectivity index (χ1v) is 7.81. The van der Waals surface area contributed by atoms with Crippen molar-refractivity contribution in [3.05, 3.63) is 36.5 Å². The minimum atomic E-state index is -0.570. The molecule has 23 heavy (non-hydrogen) atoms. The van der Waals surface area contributed by atoms with Gasteiger partial charge in [-0.1, -0.05) is 30.3 Å². The molecule has 3 rings (SSSR count). The van der Waals surface area contributed by atoms with E-state index in [1.54, 1.807) is 10.9 Å². The van der Waals surface area contributed by atoms with Gasteiger partial charge in [-0.15, -0.1) is 0 Å². The molecule has 1 fully saturated rings. The van der Waals surface area contributed by atoms with Gasteiger partial charge in [-0.05, 0) is 25.7 Å². The number of carbonyl (C=O) groups is 1. The Hall–Kier alpha value is -2.34. The molecule has 0 spiro atoms. The molecule has 1 unspecified atom stereocenters. The van der Waals surface area contributed by atoms with Gasteiger partial charge in [-0.25, -0.2) is 4.79 Å². The maximum atomic E-state index is 12.3. The van der Waals surface area contributed by atoms with Crippen LogP contribution in [0.15, 0.2) is 36.5 Å². The Morgan fingerprint density at radius 3 is 2.70 bits per heavy atom. The van der Waals surface area contributed by atoms with E-state index in [1.807, 2.05) is 44.3 Å². The third kappa shape index (κ3) is 3.37. The van der Waals surface area contributed by atoms with E-state index in [9.17, 15) is 9.90 Å². The molecule has 122 valence electrons. The standard InChI is InChI=1S/C17H22N4O2/c1-17(11-22,13-8-9-13)19-16(23)18-14-10-21(2)20-15(14)12-6-4-3-5-7-12/h3-7,10,13,22H,8-9,11H2,1-2H3,(H2,18,19,23). The summed E-state index contributed by atoms with van der Waals surface area (Å²) in [7, 11) is 1.82. The first-order chi connectivity index (χ1) is 11.0. The van der Waals surface area contributed by atoms with Crippen LogP contribution in [0.3, 0.4) is 0 Å². The van der Waals surface area contributed by atoms with Gasteiger partial charge in [0, 0.05) is 18.8 Å². The number of aliphatic hydroxyl groups is 1. The van der Waals surface area contributed by atoms with Crippen LogP contribution >= 0.6 is 0 Å². The highest BCUT2D eigenvalue weighted by molar-refractivity contribution is 5.93. The van der Waals surface area contributed by atoms with Crippen molar-refractivity contribution >= 4 is 11.7 Å². The van der Waals surface area contributed by atoms with Crippen molar-refractivity contribution in [2.75, 3.05) is 11.9 Å². The fourth-order valence-electron chi connectivity index (χ4n) is 2.79. The molecule has 6 nitrogen and oxygen atoms in total. The second kappa shape index (κ2) is 6.04. The molecule has 1 heterocycles. The molecule has 1 aliphatic rings. The molecule has 1 aromatic carbocycles. The third-order valence-corrected chi connectivity index (χ3v) is 4.33. The van der Waals surface area contributed by atoms with E-state index in [0.29, 0.717) is 11.6 Å². The number of hydrogen-bond donors (Lipinski definition) is 3. The summed E-state index contributed by atoms with van der Waals surface area (Å²) in [5.74, 6) is 0.348. The van der Waals surface area contributed by atoms with Gasteiger partial charge >= 0.3 is 6.03 Å². The van der Waals surface area contributed by atoms with Gasteiger partial charge in [-0.2, -0.15) is 5.10 Å². The lowest BCUT2D eigenvalue weighted by Crippen LogP contribution is -2.52. The zero-order chi connectivity index (χ0) is 16.4. The Kier molecular flexibility index (Phi) is 4.09. The van der Waals surface area contributed by atoms with Crippen molar-refractivity contribution in [2.24, 2.45) is 13.0 Å². The first kappa shape index (κ1) is 15.6. The number of hydrogen-bond acceptors (Lipinski definition) is 3. The highest BCUT2D eigenvalue weighted by Gasteiger charge is 2.42. The van der Waals surface area contributed by atoms with Gasteiger partial charge in [0.05, 0.1) is 17.8 Å². The van der Waals surface area contributed by atoms with Gasteiger partial charge in [-0.3, -0.25) is 4.68 Å². The molecule has 0 bridgehead atoms. The number of anilines is 1. The number of aryl methyl sites for hydroxylation is 1. The van der Waals surface area contributed by atoms with Crippen molar-refractivity contribution in [2.45, 2.75) is 25.3 Å². The zero-order valence-corrected chi connectivity index (χ0v) is 13.4. The van der Waals surface area contributed by atoms with Crippen LogP contribution < -0.4 is 10.6 Å². The molecule has 0 saturated heterocycles. The van der Waals surface area contributed by atoms with E-state index in [1.165, 1.54) is 0 Å². The molecule has 6 heteroatoms. The summed E-state index contributed by atoms with van der Waals surface area (Å²) >= 11 is 0. The minimum Gasteiger partial charge on any atom is -0.394 e. The number of carbonyl (C=O) groups excluding carboxylic acids is 1. The van der Waals surface area contributed by atoms with Gasteiger partial charge < -0.3 is 15.7 Å². The van der Waals surface area contributed by atoms with E-state index >= 15 is 0 Å². The Balaban J connectivity index is 1.76. The van der Waals surface area contributed by atoms with Crippen LogP contribution in [0.5, 0.6) is 0 Å². The van der Waals surface area contributed by atoms with Gasteiger partial charge in [0.25, 0.3) is 0 Å². The molecule has 1 atom stereocenters. The summed E-state index contributed by atoms with van der Waals surface area (Å²) in [6.45, 7) is 1.81. The first-order valence-electron chi connectivity index (χ1n) is 7.81. The van der Waals surface area contributed by atoms with Crippen LogP contribution in [-0.2, 0) is 7.05 Å². The fraction of sp³-hybridized carbons (Fsp3) is 0.412. The third-order valence-electron chi connectivity index (χ3n) is 4.33. The number of nitrogens with one attached hydrogen (secondary N) is 2. The maximum Gasteiger partial charge on any atom is 0.319 e. The molecule has 1 aliphatic carbocycles. The Morgan fingerprint density at radius 2 is 2.09 bits per heavy atom. The quantitative estimate of drug-likeness (QED) is 0.793. The molecule has 1 aromatic heterocycles. The number of amides is 2. The molecule has 3 N–H and O–H groups in total. The minimum absolute atomic E-state index is 0.0658. The molecular formula is C17H22N4O2. The Bertz CT molecular complexity index is 694. The van der Waals surface area contributed by atoms with E-state index in [0.717, 1.165) is 24.1 Å². The normalized spacial score (nSPS) is 16.7. The summed E-state index contributed by atoms with van der Waals surface area (Å²) in [5, 5.41) is 19.8. The average molecular weight is 314 g/mol. The zero-order valence-electron chi connectivity index (χ0n) is 13.4. The van der Waals surface area contributed by atoms with Crippen LogP contribution in [0.25, 0.3) is 11.3 Å². The maximum absolute atomic E-state index is 12.3. The van der Waals surface area contributed by atoms with Crippen molar-refractivity contribution < 1.29 is 9.90 Å². The van der Waals surface area contributed by atoms with Crippen molar-refractivity contribution in [3.63, 3.8) is 0 Å². The molecule has 0 aliphatic heterocycles. The lowest BCUT2D eigenvalue weighted by molar-refractivity contribution is 0.159. The molecule has 2 aromatic rings. The van der Waals surface area contributed by atoms with Gasteiger partial charge in [0.15, 0.2) is 0 Å². The van der Waals surface area contributed by atoms with Crippen LogP contribution in [0.2, 0.25) is 0 Å². The topological polar surface area (TPSA) is 79.2 Å². The van der Waals surface area contributed by atoms with E-state index < -0.39 is 5.54 Å². The molecule has 1 saturated carbocycles. The number of nitrogens with zero attached hydrogens (tertiary/aromatic N) is 2. The van der Waals surface area contributed by atoms with Crippen LogP contribution in [-0.4, -0.2) is 33.1 Å². The van der Waals surface area contributed by atoms with E-state index in [4.69, 9.17) is 0 Å². The summed E-state index contributed by atoms with van der Waals surface area (Å²) in [4.78, 5) is 12.3. The van der Waals surface area contributed by atoms with Crippen molar-refractivity contribution in [3.8, 4) is 11.3 Å². The average Bonchev–Trinajstić information content (AvgIpc) is 3.33. The lowest BCUT2D eigenvalue weighted by Gasteiger charge is -2.28. The number of aliphatic hydroxyl groups excluding tert-OH is 1. The summed E-state index contributed by atoms with van der Waals surface area (Å²) in [5.41, 5.74) is 1.74. The second-order valence-corrected chi connectivity index (χ2v) is 6.36. The van der Waals surface area contributed by atoms with Crippen LogP contribution in [0, 0.1) is 5.92 Å². The van der Waals surface area contributed by atoms with Crippen LogP contribution in [0.1, 0.15) is 19.8 Å². The SMILES string of the molecule is Cn1cc(NC(=O)NC(C)(CO)C2CC2)c(-c2ccccc2)n1. The summed E-state index contributed by atoms with van der Waals surface area (Å²) in [6, 6.07) is 9.39.